The quantitative estimate of drug-likeness (QED) is 0.710. The number of fused-ring (bicyclic) bond motifs is 3. The molecule has 1 amide bonds. The van der Waals surface area contributed by atoms with Crippen LogP contribution in [0.15, 0.2) is 36.4 Å². The van der Waals surface area contributed by atoms with Crippen LogP contribution in [-0.4, -0.2) is 31.2 Å². The van der Waals surface area contributed by atoms with Gasteiger partial charge in [0.2, 0.25) is 5.91 Å². The summed E-state index contributed by atoms with van der Waals surface area (Å²) in [6.07, 6.45) is 2.73. The molecule has 3 aromatic rings. The Kier molecular flexibility index (Phi) is 4.94. The smallest absolute Gasteiger partial charge is 0.224 e. The molecule has 0 fully saturated rings. The number of H-pyrrole nitrogens is 1. The largest absolute Gasteiger partial charge is 0.493 e. The number of hydrogen-bond acceptors (Lipinski definition) is 3. The Hall–Kier alpha value is -3.02. The number of aromatic amines is 1. The molecular formula is C22H23FN2O3. The van der Waals surface area contributed by atoms with Crippen LogP contribution in [0.4, 0.5) is 4.39 Å². The first-order valence-corrected chi connectivity index (χ1v) is 9.36. The van der Waals surface area contributed by atoms with Gasteiger partial charge in [0.1, 0.15) is 5.82 Å². The lowest BCUT2D eigenvalue weighted by Crippen LogP contribution is -2.39. The number of amides is 1. The average molecular weight is 382 g/mol. The third-order valence-corrected chi connectivity index (χ3v) is 5.33. The standard InChI is InChI=1S/C22H23FN2O3/c1-27-20-8-3-13(9-21(20)28-2)10-22(26)24-15-5-7-18-17(12-15)16-6-4-14(23)11-19(16)25-18/h3-4,6,8-9,11,15,25H,5,7,10,12H2,1-2H3,(H,24,26). The number of rotatable bonds is 5. The van der Waals surface area contributed by atoms with Gasteiger partial charge in [0.05, 0.1) is 20.6 Å². The first-order chi connectivity index (χ1) is 13.6. The van der Waals surface area contributed by atoms with Crippen LogP contribution in [0.1, 0.15) is 23.2 Å². The van der Waals surface area contributed by atoms with Crippen molar-refractivity contribution in [2.24, 2.45) is 0 Å². The van der Waals surface area contributed by atoms with Crippen molar-refractivity contribution in [2.75, 3.05) is 14.2 Å². The van der Waals surface area contributed by atoms with Gasteiger partial charge in [-0.3, -0.25) is 4.79 Å². The molecule has 0 saturated heterocycles. The molecule has 146 valence electrons. The summed E-state index contributed by atoms with van der Waals surface area (Å²) in [5, 5.41) is 4.18. The second-order valence-electron chi connectivity index (χ2n) is 7.15. The third-order valence-electron chi connectivity index (χ3n) is 5.33. The zero-order valence-corrected chi connectivity index (χ0v) is 16.0. The maximum Gasteiger partial charge on any atom is 0.224 e. The lowest BCUT2D eigenvalue weighted by Gasteiger charge is -2.23. The fourth-order valence-corrected chi connectivity index (χ4v) is 3.98. The number of methoxy groups -OCH3 is 2. The van der Waals surface area contributed by atoms with E-state index >= 15 is 0 Å². The van der Waals surface area contributed by atoms with Crippen LogP contribution in [0.5, 0.6) is 11.5 Å². The van der Waals surface area contributed by atoms with Crippen molar-refractivity contribution in [3.8, 4) is 11.5 Å². The number of aryl methyl sites for hydroxylation is 1. The molecule has 1 aromatic heterocycles. The van der Waals surface area contributed by atoms with Gasteiger partial charge < -0.3 is 19.8 Å². The van der Waals surface area contributed by atoms with Gasteiger partial charge in [-0.15, -0.1) is 0 Å². The van der Waals surface area contributed by atoms with Crippen LogP contribution in [0, 0.1) is 5.82 Å². The Balaban J connectivity index is 1.44. The van der Waals surface area contributed by atoms with Crippen molar-refractivity contribution < 1.29 is 18.7 Å². The fraction of sp³-hybridized carbons (Fsp3) is 0.318. The first kappa shape index (κ1) is 18.3. The van der Waals surface area contributed by atoms with Crippen molar-refractivity contribution in [3.63, 3.8) is 0 Å². The number of ether oxygens (including phenoxy) is 2. The molecule has 1 heterocycles. The highest BCUT2D eigenvalue weighted by molar-refractivity contribution is 5.85. The van der Waals surface area contributed by atoms with E-state index in [0.717, 1.165) is 41.4 Å². The molecule has 1 aliphatic carbocycles. The van der Waals surface area contributed by atoms with Crippen LogP contribution >= 0.6 is 0 Å². The average Bonchev–Trinajstić information content (AvgIpc) is 3.04. The van der Waals surface area contributed by atoms with Gasteiger partial charge in [-0.05, 0) is 60.7 Å². The summed E-state index contributed by atoms with van der Waals surface area (Å²) in [4.78, 5) is 15.9. The summed E-state index contributed by atoms with van der Waals surface area (Å²) in [5.74, 6) is 0.987. The lowest BCUT2D eigenvalue weighted by atomic mass is 9.91. The molecule has 4 rings (SSSR count). The number of carbonyl (C=O) groups is 1. The van der Waals surface area contributed by atoms with Crippen molar-refractivity contribution in [1.82, 2.24) is 10.3 Å². The molecular weight excluding hydrogens is 359 g/mol. The van der Waals surface area contributed by atoms with E-state index in [1.807, 2.05) is 18.2 Å². The van der Waals surface area contributed by atoms with E-state index in [1.165, 1.54) is 17.7 Å². The van der Waals surface area contributed by atoms with Crippen LogP contribution in [0.25, 0.3) is 10.9 Å². The summed E-state index contributed by atoms with van der Waals surface area (Å²) >= 11 is 0. The van der Waals surface area contributed by atoms with Gasteiger partial charge in [0.15, 0.2) is 11.5 Å². The molecule has 0 aliphatic heterocycles. The highest BCUT2D eigenvalue weighted by Gasteiger charge is 2.24. The van der Waals surface area contributed by atoms with Gasteiger partial charge in [-0.1, -0.05) is 6.07 Å². The monoisotopic (exact) mass is 382 g/mol. The van der Waals surface area contributed by atoms with Crippen molar-refractivity contribution in [3.05, 3.63) is 59.0 Å². The number of carbonyl (C=O) groups excluding carboxylic acids is 1. The SMILES string of the molecule is COc1ccc(CC(=O)NC2CCc3[nH]c4cc(F)ccc4c3C2)cc1OC. The second kappa shape index (κ2) is 7.54. The van der Waals surface area contributed by atoms with Crippen molar-refractivity contribution in [1.29, 1.82) is 0 Å². The molecule has 1 unspecified atom stereocenters. The van der Waals surface area contributed by atoms with E-state index in [-0.39, 0.29) is 24.2 Å². The number of nitrogens with one attached hydrogen (secondary N) is 2. The number of halogens is 1. The van der Waals surface area contributed by atoms with Gasteiger partial charge in [0, 0.05) is 22.6 Å². The number of hydrogen-bond donors (Lipinski definition) is 2. The molecule has 1 atom stereocenters. The molecule has 28 heavy (non-hydrogen) atoms. The topological polar surface area (TPSA) is 63.3 Å². The summed E-state index contributed by atoms with van der Waals surface area (Å²) in [6.45, 7) is 0. The summed E-state index contributed by atoms with van der Waals surface area (Å²) in [7, 11) is 3.16. The Morgan fingerprint density at radius 2 is 2.00 bits per heavy atom. The van der Waals surface area contributed by atoms with E-state index in [1.54, 1.807) is 20.3 Å². The van der Waals surface area contributed by atoms with Gasteiger partial charge in [0.25, 0.3) is 0 Å². The highest BCUT2D eigenvalue weighted by atomic mass is 19.1. The predicted octanol–water partition coefficient (Wildman–Crippen LogP) is 3.54. The molecule has 2 aromatic carbocycles. The molecule has 1 aliphatic rings. The highest BCUT2D eigenvalue weighted by Crippen LogP contribution is 2.30. The minimum atomic E-state index is -0.245. The number of aromatic nitrogens is 1. The molecule has 0 bridgehead atoms. The summed E-state index contributed by atoms with van der Waals surface area (Å²) in [6, 6.07) is 10.4. The van der Waals surface area contributed by atoms with E-state index in [9.17, 15) is 9.18 Å². The van der Waals surface area contributed by atoms with Crippen molar-refractivity contribution in [2.45, 2.75) is 31.7 Å². The minimum absolute atomic E-state index is 0.0217. The molecule has 0 spiro atoms. The Labute approximate surface area is 162 Å². The Morgan fingerprint density at radius 1 is 1.18 bits per heavy atom. The van der Waals surface area contributed by atoms with E-state index < -0.39 is 0 Å². The predicted molar refractivity (Wildman–Crippen MR) is 105 cm³/mol. The van der Waals surface area contributed by atoms with E-state index in [0.29, 0.717) is 11.5 Å². The van der Waals surface area contributed by atoms with Crippen LogP contribution in [0.3, 0.4) is 0 Å². The minimum Gasteiger partial charge on any atom is -0.493 e. The first-order valence-electron chi connectivity index (χ1n) is 9.36. The molecule has 5 nitrogen and oxygen atoms in total. The van der Waals surface area contributed by atoms with Crippen LogP contribution in [0.2, 0.25) is 0 Å². The normalized spacial score (nSPS) is 15.9. The van der Waals surface area contributed by atoms with E-state index in [2.05, 4.69) is 10.3 Å². The maximum atomic E-state index is 13.5. The zero-order valence-electron chi connectivity index (χ0n) is 16.0. The van der Waals surface area contributed by atoms with Gasteiger partial charge in [-0.2, -0.15) is 0 Å². The third kappa shape index (κ3) is 3.54. The zero-order chi connectivity index (χ0) is 19.7. The molecule has 6 heteroatoms. The van der Waals surface area contributed by atoms with Crippen LogP contribution in [-0.2, 0) is 24.1 Å². The fourth-order valence-electron chi connectivity index (χ4n) is 3.98. The van der Waals surface area contributed by atoms with Gasteiger partial charge >= 0.3 is 0 Å². The number of benzene rings is 2. The second-order valence-corrected chi connectivity index (χ2v) is 7.15. The summed E-state index contributed by atoms with van der Waals surface area (Å²) in [5.41, 5.74) is 4.01. The Bertz CT molecular complexity index is 1030. The van der Waals surface area contributed by atoms with Crippen molar-refractivity contribution >= 4 is 16.8 Å². The van der Waals surface area contributed by atoms with E-state index in [4.69, 9.17) is 9.47 Å². The molecule has 0 saturated carbocycles. The summed E-state index contributed by atoms with van der Waals surface area (Å²) < 4.78 is 24.0. The Morgan fingerprint density at radius 3 is 2.79 bits per heavy atom. The van der Waals surface area contributed by atoms with Gasteiger partial charge in [-0.25, -0.2) is 4.39 Å². The molecule has 0 radical (unpaired) electrons. The maximum absolute atomic E-state index is 13.5. The molecule has 2 N–H and O–H groups in total. The van der Waals surface area contributed by atoms with Crippen LogP contribution < -0.4 is 14.8 Å². The lowest BCUT2D eigenvalue weighted by molar-refractivity contribution is -0.121.